The molecule has 0 atom stereocenters. The maximum atomic E-state index is 12.1. The van der Waals surface area contributed by atoms with Crippen LogP contribution < -0.4 is 23.7 Å². The van der Waals surface area contributed by atoms with Crippen LogP contribution in [0.5, 0.6) is 28.7 Å². The van der Waals surface area contributed by atoms with E-state index < -0.39 is 0 Å². The van der Waals surface area contributed by atoms with Gasteiger partial charge in [-0.1, -0.05) is 38.0 Å². The van der Waals surface area contributed by atoms with E-state index in [1.165, 1.54) is 0 Å². The summed E-state index contributed by atoms with van der Waals surface area (Å²) in [5.74, 6) is 2.36. The van der Waals surface area contributed by atoms with Gasteiger partial charge in [-0.3, -0.25) is 4.79 Å². The van der Waals surface area contributed by atoms with Gasteiger partial charge in [0.05, 0.1) is 28.4 Å². The van der Waals surface area contributed by atoms with Crippen molar-refractivity contribution >= 4 is 18.1 Å². The van der Waals surface area contributed by atoms with Gasteiger partial charge in [0.1, 0.15) is 0 Å². The number of esters is 1. The molecule has 2 rings (SSSR count). The van der Waals surface area contributed by atoms with Crippen molar-refractivity contribution in [3.8, 4) is 28.7 Å². The minimum Gasteiger partial charge on any atom is -0.493 e. The summed E-state index contributed by atoms with van der Waals surface area (Å²) in [6, 6.07) is 9.17. The standard InChI is InChI=1S/C24H30O6/c1-6-7-8-9-23(25)30-20-14-17(12-13-19(20)26-2)10-11-18-15-21(27-3)24(29-5)22(16-18)28-4/h10-16H,6-9H2,1-5H3/b11-10-. The summed E-state index contributed by atoms with van der Waals surface area (Å²) >= 11 is 0. The molecule has 30 heavy (non-hydrogen) atoms. The van der Waals surface area contributed by atoms with Crippen LogP contribution in [-0.4, -0.2) is 34.4 Å². The monoisotopic (exact) mass is 414 g/mol. The predicted octanol–water partition coefficient (Wildman–Crippen LogP) is 5.38. The van der Waals surface area contributed by atoms with E-state index in [2.05, 4.69) is 6.92 Å². The molecule has 6 heteroatoms. The van der Waals surface area contributed by atoms with Crippen LogP contribution in [0.15, 0.2) is 30.3 Å². The lowest BCUT2D eigenvalue weighted by atomic mass is 10.1. The zero-order valence-electron chi connectivity index (χ0n) is 18.3. The molecule has 2 aromatic rings. The zero-order chi connectivity index (χ0) is 21.9. The molecule has 0 N–H and O–H groups in total. The van der Waals surface area contributed by atoms with Crippen LogP contribution in [0.2, 0.25) is 0 Å². The fourth-order valence-electron chi connectivity index (χ4n) is 2.96. The van der Waals surface area contributed by atoms with Crippen LogP contribution in [0, 0.1) is 0 Å². The molecule has 2 aromatic carbocycles. The van der Waals surface area contributed by atoms with Crippen molar-refractivity contribution in [1.29, 1.82) is 0 Å². The molecule has 0 radical (unpaired) electrons. The van der Waals surface area contributed by atoms with E-state index in [0.29, 0.717) is 35.2 Å². The first-order valence-electron chi connectivity index (χ1n) is 9.93. The van der Waals surface area contributed by atoms with Gasteiger partial charge in [-0.15, -0.1) is 0 Å². The number of carbonyl (C=O) groups is 1. The molecule has 0 aliphatic heterocycles. The average Bonchev–Trinajstić information content (AvgIpc) is 2.77. The lowest BCUT2D eigenvalue weighted by Gasteiger charge is -2.13. The van der Waals surface area contributed by atoms with Gasteiger partial charge in [-0.2, -0.15) is 0 Å². The number of hydrogen-bond acceptors (Lipinski definition) is 6. The number of hydrogen-bond donors (Lipinski definition) is 0. The molecule has 162 valence electrons. The highest BCUT2D eigenvalue weighted by molar-refractivity contribution is 5.76. The summed E-state index contributed by atoms with van der Waals surface area (Å²) in [7, 11) is 6.28. The van der Waals surface area contributed by atoms with Crippen LogP contribution in [0.3, 0.4) is 0 Å². The molecule has 0 unspecified atom stereocenters. The molecule has 0 aliphatic rings. The van der Waals surface area contributed by atoms with E-state index in [1.807, 2.05) is 30.4 Å². The van der Waals surface area contributed by atoms with Crippen molar-refractivity contribution in [2.24, 2.45) is 0 Å². The minimum absolute atomic E-state index is 0.257. The Morgan fingerprint density at radius 2 is 1.37 bits per heavy atom. The normalized spacial score (nSPS) is 10.7. The number of unbranched alkanes of at least 4 members (excludes halogenated alkanes) is 2. The van der Waals surface area contributed by atoms with Crippen molar-refractivity contribution in [3.05, 3.63) is 41.5 Å². The largest absolute Gasteiger partial charge is 0.493 e. The van der Waals surface area contributed by atoms with E-state index in [-0.39, 0.29) is 5.97 Å². The average molecular weight is 414 g/mol. The van der Waals surface area contributed by atoms with Crippen molar-refractivity contribution in [2.45, 2.75) is 32.6 Å². The first-order chi connectivity index (χ1) is 14.6. The summed E-state index contributed by atoms with van der Waals surface area (Å²) in [6.45, 7) is 2.10. The Hall–Kier alpha value is -3.15. The Kier molecular flexibility index (Phi) is 9.06. The third-order valence-electron chi connectivity index (χ3n) is 4.55. The van der Waals surface area contributed by atoms with Gasteiger partial charge in [-0.05, 0) is 41.8 Å². The van der Waals surface area contributed by atoms with Gasteiger partial charge in [0.2, 0.25) is 5.75 Å². The van der Waals surface area contributed by atoms with Crippen molar-refractivity contribution < 1.29 is 28.5 Å². The molecule has 0 saturated heterocycles. The SMILES string of the molecule is CCCCCC(=O)Oc1cc(/C=C\c2cc(OC)c(OC)c(OC)c2)ccc1OC. The molecule has 6 nitrogen and oxygen atoms in total. The quantitative estimate of drug-likeness (QED) is 0.213. The second-order valence-corrected chi connectivity index (χ2v) is 6.63. The Bertz CT molecular complexity index is 847. The van der Waals surface area contributed by atoms with Gasteiger partial charge < -0.3 is 23.7 Å². The second-order valence-electron chi connectivity index (χ2n) is 6.63. The van der Waals surface area contributed by atoms with Crippen LogP contribution >= 0.6 is 0 Å². The number of rotatable bonds is 11. The summed E-state index contributed by atoms with van der Waals surface area (Å²) in [5.41, 5.74) is 1.74. The van der Waals surface area contributed by atoms with Gasteiger partial charge in [0.15, 0.2) is 23.0 Å². The first-order valence-corrected chi connectivity index (χ1v) is 9.93. The van der Waals surface area contributed by atoms with Crippen molar-refractivity contribution in [1.82, 2.24) is 0 Å². The van der Waals surface area contributed by atoms with Gasteiger partial charge >= 0.3 is 5.97 Å². The van der Waals surface area contributed by atoms with Crippen LogP contribution in [0.1, 0.15) is 43.7 Å². The third-order valence-corrected chi connectivity index (χ3v) is 4.55. The molecule has 0 aliphatic carbocycles. The highest BCUT2D eigenvalue weighted by atomic mass is 16.6. The molecular weight excluding hydrogens is 384 g/mol. The number of carbonyl (C=O) groups excluding carboxylic acids is 1. The maximum absolute atomic E-state index is 12.1. The molecule has 0 saturated carbocycles. The summed E-state index contributed by atoms with van der Waals surface area (Å²) in [6.07, 6.45) is 7.09. The van der Waals surface area contributed by atoms with Crippen LogP contribution in [0.25, 0.3) is 12.2 Å². The number of benzene rings is 2. The van der Waals surface area contributed by atoms with Crippen molar-refractivity contribution in [2.75, 3.05) is 28.4 Å². The van der Waals surface area contributed by atoms with Crippen LogP contribution in [-0.2, 0) is 4.79 Å². The van der Waals surface area contributed by atoms with Gasteiger partial charge in [0, 0.05) is 6.42 Å². The van der Waals surface area contributed by atoms with E-state index in [0.717, 1.165) is 30.4 Å². The minimum atomic E-state index is -0.257. The zero-order valence-corrected chi connectivity index (χ0v) is 18.3. The molecule has 0 bridgehead atoms. The first kappa shape index (κ1) is 23.1. The summed E-state index contributed by atoms with van der Waals surface area (Å²) in [4.78, 5) is 12.1. The highest BCUT2D eigenvalue weighted by Crippen LogP contribution is 2.38. The Labute approximate surface area is 178 Å². The molecule has 0 spiro atoms. The van der Waals surface area contributed by atoms with Gasteiger partial charge in [0.25, 0.3) is 0 Å². The number of ether oxygens (including phenoxy) is 5. The molecular formula is C24H30O6. The van der Waals surface area contributed by atoms with E-state index in [9.17, 15) is 4.79 Å². The Balaban J connectivity index is 2.24. The molecule has 0 heterocycles. The second kappa shape index (κ2) is 11.8. The van der Waals surface area contributed by atoms with E-state index in [1.54, 1.807) is 40.6 Å². The molecule has 0 fully saturated rings. The molecule has 0 amide bonds. The topological polar surface area (TPSA) is 63.2 Å². The highest BCUT2D eigenvalue weighted by Gasteiger charge is 2.13. The molecule has 0 aromatic heterocycles. The maximum Gasteiger partial charge on any atom is 0.311 e. The van der Waals surface area contributed by atoms with Crippen molar-refractivity contribution in [3.63, 3.8) is 0 Å². The summed E-state index contributed by atoms with van der Waals surface area (Å²) in [5, 5.41) is 0. The Morgan fingerprint density at radius 1 is 0.767 bits per heavy atom. The lowest BCUT2D eigenvalue weighted by molar-refractivity contribution is -0.134. The van der Waals surface area contributed by atoms with Crippen LogP contribution in [0.4, 0.5) is 0 Å². The van der Waals surface area contributed by atoms with E-state index >= 15 is 0 Å². The predicted molar refractivity (Wildman–Crippen MR) is 118 cm³/mol. The fraction of sp³-hybridized carbons (Fsp3) is 0.375. The Morgan fingerprint density at radius 3 is 1.93 bits per heavy atom. The third kappa shape index (κ3) is 6.17. The number of methoxy groups -OCH3 is 4. The summed E-state index contributed by atoms with van der Waals surface area (Å²) < 4.78 is 27.0. The van der Waals surface area contributed by atoms with E-state index in [4.69, 9.17) is 23.7 Å². The van der Waals surface area contributed by atoms with Gasteiger partial charge in [-0.25, -0.2) is 0 Å². The smallest absolute Gasteiger partial charge is 0.311 e. The lowest BCUT2D eigenvalue weighted by Crippen LogP contribution is -2.08. The fourth-order valence-corrected chi connectivity index (χ4v) is 2.96.